The van der Waals surface area contributed by atoms with Crippen LogP contribution in [-0.2, 0) is 26.0 Å². The molecule has 4 aromatic rings. The first-order valence-electron chi connectivity index (χ1n) is 11.8. The third-order valence-electron chi connectivity index (χ3n) is 5.51. The minimum Gasteiger partial charge on any atom is -0.482 e. The lowest BCUT2D eigenvalue weighted by Gasteiger charge is -2.26. The summed E-state index contributed by atoms with van der Waals surface area (Å²) >= 11 is -0.187. The highest BCUT2D eigenvalue weighted by atomic mass is 32.2. The first kappa shape index (κ1) is 27.7. The molecule has 0 unspecified atom stereocenters. The molecule has 0 aliphatic carbocycles. The number of alkyl halides is 3. The monoisotopic (exact) mass is 555 g/mol. The Bertz CT molecular complexity index is 1300. The molecule has 4 rings (SSSR count). The normalized spacial score (nSPS) is 11.8. The zero-order valence-corrected chi connectivity index (χ0v) is 22.4. The maximum absolute atomic E-state index is 12.6. The van der Waals surface area contributed by atoms with E-state index in [2.05, 4.69) is 24.3 Å². The van der Waals surface area contributed by atoms with Gasteiger partial charge in [0.15, 0.2) is 21.3 Å². The summed E-state index contributed by atoms with van der Waals surface area (Å²) in [5.74, 6) is -0.0468. The van der Waals surface area contributed by atoms with Crippen molar-refractivity contribution in [3.63, 3.8) is 0 Å². The number of carbonyl (C=O) groups is 1. The number of benzene rings is 4. The van der Waals surface area contributed by atoms with Crippen molar-refractivity contribution in [3.05, 3.63) is 115 Å². The van der Waals surface area contributed by atoms with Gasteiger partial charge in [0.25, 0.3) is 0 Å². The Morgan fingerprint density at radius 1 is 0.763 bits per heavy atom. The molecule has 196 valence electrons. The van der Waals surface area contributed by atoms with Crippen LogP contribution in [0.3, 0.4) is 0 Å². The third kappa shape index (κ3) is 7.58. The van der Waals surface area contributed by atoms with Crippen molar-refractivity contribution >= 4 is 28.6 Å². The number of rotatable bonds is 9. The lowest BCUT2D eigenvalue weighted by Crippen LogP contribution is -2.28. The van der Waals surface area contributed by atoms with Crippen molar-refractivity contribution < 1.29 is 27.4 Å². The Kier molecular flexibility index (Phi) is 8.74. The molecule has 0 spiro atoms. The first-order chi connectivity index (χ1) is 18.1. The third-order valence-corrected chi connectivity index (χ3v) is 8.46. The second-order valence-corrected chi connectivity index (χ2v) is 11.9. The van der Waals surface area contributed by atoms with Crippen molar-refractivity contribution in [1.82, 2.24) is 0 Å². The zero-order chi connectivity index (χ0) is 27.2. The van der Waals surface area contributed by atoms with Gasteiger partial charge in [-0.05, 0) is 79.7 Å². The first-order valence-corrected chi connectivity index (χ1v) is 13.8. The summed E-state index contributed by atoms with van der Waals surface area (Å²) in [5.41, 5.74) is -4.83. The standard InChI is InChI=1S/C30H26F3O3S2/c1-29(2,22-16-18-24(19-17-22)37-30(31,32)33)36-28(34)21-35-23-10-9-15-27(20-23)38(25-11-5-3-6-12-25)26-13-7-4-8-14-26/h3-20H,21H2,1-2H3/q+1. The number of thioether (sulfide) groups is 1. The van der Waals surface area contributed by atoms with Crippen LogP contribution < -0.4 is 4.74 Å². The van der Waals surface area contributed by atoms with Crippen LogP contribution in [0, 0.1) is 0 Å². The van der Waals surface area contributed by atoms with Gasteiger partial charge >= 0.3 is 11.5 Å². The summed E-state index contributed by atoms with van der Waals surface area (Å²) < 4.78 is 49.2. The highest BCUT2D eigenvalue weighted by molar-refractivity contribution is 8.00. The number of hydrogen-bond acceptors (Lipinski definition) is 4. The summed E-state index contributed by atoms with van der Waals surface area (Å²) in [5, 5.41) is 0. The van der Waals surface area contributed by atoms with E-state index in [0.717, 1.165) is 14.7 Å². The van der Waals surface area contributed by atoms with E-state index in [1.807, 2.05) is 54.6 Å². The topological polar surface area (TPSA) is 35.5 Å². The highest BCUT2D eigenvalue weighted by Crippen LogP contribution is 2.38. The van der Waals surface area contributed by atoms with E-state index in [-0.39, 0.29) is 34.2 Å². The van der Waals surface area contributed by atoms with Crippen LogP contribution in [0.1, 0.15) is 19.4 Å². The molecule has 38 heavy (non-hydrogen) atoms. The van der Waals surface area contributed by atoms with E-state index in [0.29, 0.717) is 11.3 Å². The summed E-state index contributed by atoms with van der Waals surface area (Å²) in [6.45, 7) is 3.06. The van der Waals surface area contributed by atoms with E-state index in [9.17, 15) is 18.0 Å². The van der Waals surface area contributed by atoms with E-state index in [4.69, 9.17) is 9.47 Å². The molecule has 0 saturated carbocycles. The molecule has 0 amide bonds. The Morgan fingerprint density at radius 3 is 1.87 bits per heavy atom. The molecule has 0 heterocycles. The van der Waals surface area contributed by atoms with Gasteiger partial charge in [-0.25, -0.2) is 4.79 Å². The molecule has 0 bridgehead atoms. The maximum atomic E-state index is 12.6. The maximum Gasteiger partial charge on any atom is 0.446 e. The smallest absolute Gasteiger partial charge is 0.446 e. The number of ether oxygens (including phenoxy) is 2. The Hall–Kier alpha value is -3.36. The average Bonchev–Trinajstić information content (AvgIpc) is 2.88. The van der Waals surface area contributed by atoms with Crippen molar-refractivity contribution in [2.75, 3.05) is 6.61 Å². The van der Waals surface area contributed by atoms with Crippen LogP contribution in [0.4, 0.5) is 13.2 Å². The van der Waals surface area contributed by atoms with Crippen LogP contribution in [0.15, 0.2) is 129 Å². The molecule has 4 aromatic carbocycles. The van der Waals surface area contributed by atoms with Gasteiger partial charge in [-0.3, -0.25) is 0 Å². The molecule has 3 nitrogen and oxygen atoms in total. The fraction of sp³-hybridized carbons (Fsp3) is 0.167. The predicted molar refractivity (Wildman–Crippen MR) is 144 cm³/mol. The molecule has 0 aromatic heterocycles. The number of hydrogen-bond donors (Lipinski definition) is 0. The Labute approximate surface area is 227 Å². The number of halogens is 3. The summed E-state index contributed by atoms with van der Waals surface area (Å²) in [6, 6.07) is 33.8. The fourth-order valence-electron chi connectivity index (χ4n) is 3.79. The lowest BCUT2D eigenvalue weighted by molar-refractivity contribution is -0.159. The fourth-order valence-corrected chi connectivity index (χ4v) is 6.45. The van der Waals surface area contributed by atoms with Gasteiger partial charge in [-0.15, -0.1) is 0 Å². The van der Waals surface area contributed by atoms with Gasteiger partial charge < -0.3 is 9.47 Å². The van der Waals surface area contributed by atoms with Crippen molar-refractivity contribution in [2.24, 2.45) is 0 Å². The molecule has 0 aliphatic heterocycles. The van der Waals surface area contributed by atoms with Crippen molar-refractivity contribution in [2.45, 2.75) is 44.5 Å². The van der Waals surface area contributed by atoms with Gasteiger partial charge in [0.1, 0.15) is 11.4 Å². The van der Waals surface area contributed by atoms with Crippen LogP contribution in [-0.4, -0.2) is 18.1 Å². The molecule has 8 heteroatoms. The highest BCUT2D eigenvalue weighted by Gasteiger charge is 2.31. The van der Waals surface area contributed by atoms with Crippen LogP contribution in [0.25, 0.3) is 0 Å². The minimum atomic E-state index is -4.36. The Morgan fingerprint density at radius 2 is 1.32 bits per heavy atom. The van der Waals surface area contributed by atoms with E-state index in [1.165, 1.54) is 24.3 Å². The predicted octanol–water partition coefficient (Wildman–Crippen LogP) is 8.25. The van der Waals surface area contributed by atoms with Crippen LogP contribution in [0.2, 0.25) is 0 Å². The number of carbonyl (C=O) groups excluding carboxylic acids is 1. The van der Waals surface area contributed by atoms with Gasteiger partial charge in [0, 0.05) is 11.0 Å². The summed E-state index contributed by atoms with van der Waals surface area (Å²) in [6.07, 6.45) is 0. The Balaban J connectivity index is 1.43. The van der Waals surface area contributed by atoms with E-state index in [1.54, 1.807) is 19.9 Å². The lowest BCUT2D eigenvalue weighted by atomic mass is 9.98. The molecule has 0 N–H and O–H groups in total. The quantitative estimate of drug-likeness (QED) is 0.118. The number of esters is 1. The minimum absolute atomic E-state index is 0.0663. The SMILES string of the molecule is CC(C)(OC(=O)COc1cccc([S+](c2ccccc2)c2ccccc2)c1)c1ccc(SC(F)(F)F)cc1. The van der Waals surface area contributed by atoms with Crippen molar-refractivity contribution in [1.29, 1.82) is 0 Å². The zero-order valence-electron chi connectivity index (χ0n) is 20.8. The molecule has 0 atom stereocenters. The summed E-state index contributed by atoms with van der Waals surface area (Å²) in [4.78, 5) is 16.1. The van der Waals surface area contributed by atoms with E-state index >= 15 is 0 Å². The second kappa shape index (κ2) is 12.0. The van der Waals surface area contributed by atoms with E-state index < -0.39 is 17.1 Å². The molecular weight excluding hydrogens is 529 g/mol. The van der Waals surface area contributed by atoms with Gasteiger partial charge in [-0.2, -0.15) is 13.2 Å². The molecular formula is C30H26F3O3S2+. The molecule has 0 aliphatic rings. The second-order valence-electron chi connectivity index (χ2n) is 8.75. The van der Waals surface area contributed by atoms with Gasteiger partial charge in [0.05, 0.1) is 10.9 Å². The summed E-state index contributed by atoms with van der Waals surface area (Å²) in [7, 11) is -0.357. The van der Waals surface area contributed by atoms with Crippen LogP contribution in [0.5, 0.6) is 5.75 Å². The molecule has 0 saturated heterocycles. The van der Waals surface area contributed by atoms with Crippen molar-refractivity contribution in [3.8, 4) is 5.75 Å². The van der Waals surface area contributed by atoms with Crippen LogP contribution >= 0.6 is 11.8 Å². The average molecular weight is 556 g/mol. The molecule has 0 fully saturated rings. The largest absolute Gasteiger partial charge is 0.482 e. The van der Waals surface area contributed by atoms with Gasteiger partial charge in [-0.1, -0.05) is 54.6 Å². The van der Waals surface area contributed by atoms with Gasteiger partial charge in [0.2, 0.25) is 0 Å². The molecule has 0 radical (unpaired) electrons.